The van der Waals surface area contributed by atoms with Crippen molar-refractivity contribution < 1.29 is 4.79 Å². The molecule has 0 saturated carbocycles. The molecule has 1 aliphatic heterocycles. The Morgan fingerprint density at radius 3 is 2.67 bits per heavy atom. The summed E-state index contributed by atoms with van der Waals surface area (Å²) in [4.78, 5) is 14.4. The van der Waals surface area contributed by atoms with Gasteiger partial charge in [-0.05, 0) is 72.9 Å². The fourth-order valence-electron chi connectivity index (χ4n) is 2.61. The predicted molar refractivity (Wildman–Crippen MR) is 93.6 cm³/mol. The minimum Gasteiger partial charge on any atom is -0.339 e. The number of piperidine rings is 1. The molecule has 1 saturated heterocycles. The Labute approximate surface area is 146 Å². The standard InChI is InChI=1S/C15H20BrClN2O.ClH/c1-18-7-4-11-5-8-19(9-6-11)15(20)13-3-2-12(17)10-14(13)16;/h2-3,10-11,18H,4-9H2,1H3;1H. The van der Waals surface area contributed by atoms with Crippen molar-refractivity contribution in [2.45, 2.75) is 19.3 Å². The van der Waals surface area contributed by atoms with Crippen molar-refractivity contribution in [2.75, 3.05) is 26.7 Å². The second-order valence-electron chi connectivity index (χ2n) is 5.25. The SMILES string of the molecule is CNCCC1CCN(C(=O)c2ccc(Cl)cc2Br)CC1.Cl. The van der Waals surface area contributed by atoms with Crippen LogP contribution in [0.1, 0.15) is 29.6 Å². The lowest BCUT2D eigenvalue weighted by Crippen LogP contribution is -2.39. The molecule has 0 radical (unpaired) electrons. The van der Waals surface area contributed by atoms with Gasteiger partial charge in [-0.25, -0.2) is 0 Å². The van der Waals surface area contributed by atoms with Crippen molar-refractivity contribution in [1.82, 2.24) is 10.2 Å². The molecule has 0 aliphatic carbocycles. The maximum absolute atomic E-state index is 12.5. The first-order chi connectivity index (χ1) is 9.61. The van der Waals surface area contributed by atoms with Crippen LogP contribution < -0.4 is 5.32 Å². The average Bonchev–Trinajstić information content (AvgIpc) is 2.45. The molecule has 6 heteroatoms. The van der Waals surface area contributed by atoms with Crippen LogP contribution in [0.4, 0.5) is 0 Å². The van der Waals surface area contributed by atoms with Gasteiger partial charge in [0.2, 0.25) is 0 Å². The fourth-order valence-corrected chi connectivity index (χ4v) is 3.46. The largest absolute Gasteiger partial charge is 0.339 e. The van der Waals surface area contributed by atoms with Gasteiger partial charge in [-0.1, -0.05) is 11.6 Å². The Morgan fingerprint density at radius 2 is 2.10 bits per heavy atom. The van der Waals surface area contributed by atoms with Crippen molar-refractivity contribution in [2.24, 2.45) is 5.92 Å². The lowest BCUT2D eigenvalue weighted by atomic mass is 9.93. The second kappa shape index (κ2) is 8.99. The van der Waals surface area contributed by atoms with E-state index in [9.17, 15) is 4.79 Å². The number of carbonyl (C=O) groups excluding carboxylic acids is 1. The molecule has 1 N–H and O–H groups in total. The van der Waals surface area contributed by atoms with Crippen LogP contribution >= 0.6 is 39.9 Å². The van der Waals surface area contributed by atoms with Gasteiger partial charge in [0, 0.05) is 22.6 Å². The molecular weight excluding hydrogens is 375 g/mol. The van der Waals surface area contributed by atoms with Crippen molar-refractivity contribution in [3.05, 3.63) is 33.3 Å². The summed E-state index contributed by atoms with van der Waals surface area (Å²) in [6.45, 7) is 2.76. The normalized spacial score (nSPS) is 15.7. The Kier molecular flexibility index (Phi) is 8.03. The van der Waals surface area contributed by atoms with Gasteiger partial charge in [-0.15, -0.1) is 12.4 Å². The van der Waals surface area contributed by atoms with Gasteiger partial charge in [-0.2, -0.15) is 0 Å². The zero-order valence-electron chi connectivity index (χ0n) is 12.1. The summed E-state index contributed by atoms with van der Waals surface area (Å²) in [7, 11) is 1.98. The van der Waals surface area contributed by atoms with Crippen LogP contribution in [0.25, 0.3) is 0 Å². The van der Waals surface area contributed by atoms with Crippen LogP contribution in [0.5, 0.6) is 0 Å². The number of hydrogen-bond acceptors (Lipinski definition) is 2. The van der Waals surface area contributed by atoms with E-state index in [1.54, 1.807) is 18.2 Å². The van der Waals surface area contributed by atoms with Gasteiger partial charge in [0.15, 0.2) is 0 Å². The van der Waals surface area contributed by atoms with E-state index >= 15 is 0 Å². The first-order valence-electron chi connectivity index (χ1n) is 7.00. The molecule has 0 aromatic heterocycles. The number of hydrogen-bond donors (Lipinski definition) is 1. The number of benzene rings is 1. The number of nitrogens with one attached hydrogen (secondary N) is 1. The van der Waals surface area contributed by atoms with Crippen LogP contribution in [0.3, 0.4) is 0 Å². The summed E-state index contributed by atoms with van der Waals surface area (Å²) in [6, 6.07) is 5.33. The number of carbonyl (C=O) groups is 1. The van der Waals surface area contributed by atoms with Crippen molar-refractivity contribution in [3.63, 3.8) is 0 Å². The Morgan fingerprint density at radius 1 is 1.43 bits per heavy atom. The average molecular weight is 396 g/mol. The topological polar surface area (TPSA) is 32.3 Å². The highest BCUT2D eigenvalue weighted by Gasteiger charge is 2.24. The highest BCUT2D eigenvalue weighted by atomic mass is 79.9. The quantitative estimate of drug-likeness (QED) is 0.835. The maximum atomic E-state index is 12.5. The molecule has 2 rings (SSSR count). The van der Waals surface area contributed by atoms with Crippen LogP contribution in [0.15, 0.2) is 22.7 Å². The van der Waals surface area contributed by atoms with Crippen LogP contribution in [-0.2, 0) is 0 Å². The summed E-state index contributed by atoms with van der Waals surface area (Å²) >= 11 is 9.33. The fraction of sp³-hybridized carbons (Fsp3) is 0.533. The third-order valence-electron chi connectivity index (χ3n) is 3.87. The van der Waals surface area contributed by atoms with Gasteiger partial charge < -0.3 is 10.2 Å². The molecule has 1 aromatic rings. The van der Waals surface area contributed by atoms with E-state index in [1.165, 1.54) is 6.42 Å². The molecule has 118 valence electrons. The molecule has 21 heavy (non-hydrogen) atoms. The molecule has 1 heterocycles. The highest BCUT2D eigenvalue weighted by Crippen LogP contribution is 2.26. The van der Waals surface area contributed by atoms with Gasteiger partial charge in [-0.3, -0.25) is 4.79 Å². The van der Waals surface area contributed by atoms with Gasteiger partial charge in [0.25, 0.3) is 5.91 Å². The van der Waals surface area contributed by atoms with Gasteiger partial charge in [0.1, 0.15) is 0 Å². The molecule has 1 aromatic carbocycles. The lowest BCUT2D eigenvalue weighted by molar-refractivity contribution is 0.0686. The number of likely N-dealkylation sites (tertiary alicyclic amines) is 1. The number of halogens is 3. The molecule has 0 spiro atoms. The minimum atomic E-state index is 0. The minimum absolute atomic E-state index is 0. The molecule has 1 fully saturated rings. The monoisotopic (exact) mass is 394 g/mol. The Hall–Kier alpha value is -0.290. The van der Waals surface area contributed by atoms with Crippen molar-refractivity contribution in [1.29, 1.82) is 0 Å². The van der Waals surface area contributed by atoms with Crippen LogP contribution in [-0.4, -0.2) is 37.5 Å². The molecule has 0 unspecified atom stereocenters. The summed E-state index contributed by atoms with van der Waals surface area (Å²) in [5, 5.41) is 3.83. The van der Waals surface area contributed by atoms with E-state index in [-0.39, 0.29) is 18.3 Å². The third kappa shape index (κ3) is 5.13. The number of rotatable bonds is 4. The summed E-state index contributed by atoms with van der Waals surface area (Å²) in [6.07, 6.45) is 3.39. The molecule has 3 nitrogen and oxygen atoms in total. The smallest absolute Gasteiger partial charge is 0.254 e. The molecule has 0 bridgehead atoms. The van der Waals surface area contributed by atoms with Crippen molar-refractivity contribution >= 4 is 45.8 Å². The summed E-state index contributed by atoms with van der Waals surface area (Å²) in [5.74, 6) is 0.834. The molecule has 0 atom stereocenters. The Bertz CT molecular complexity index is 477. The van der Waals surface area contributed by atoms with E-state index in [0.29, 0.717) is 10.6 Å². The van der Waals surface area contributed by atoms with Crippen LogP contribution in [0, 0.1) is 5.92 Å². The number of nitrogens with zero attached hydrogens (tertiary/aromatic N) is 1. The van der Waals surface area contributed by atoms with E-state index in [4.69, 9.17) is 11.6 Å². The molecule has 1 aliphatic rings. The van der Waals surface area contributed by atoms with E-state index in [1.807, 2.05) is 11.9 Å². The summed E-state index contributed by atoms with van der Waals surface area (Å²) in [5.41, 5.74) is 0.697. The van der Waals surface area contributed by atoms with Crippen LogP contribution in [0.2, 0.25) is 5.02 Å². The Balaban J connectivity index is 0.00000220. The number of amides is 1. The highest BCUT2D eigenvalue weighted by molar-refractivity contribution is 9.10. The van der Waals surface area contributed by atoms with Crippen molar-refractivity contribution in [3.8, 4) is 0 Å². The zero-order chi connectivity index (χ0) is 14.5. The van der Waals surface area contributed by atoms with Gasteiger partial charge >= 0.3 is 0 Å². The maximum Gasteiger partial charge on any atom is 0.254 e. The first kappa shape index (κ1) is 18.8. The zero-order valence-corrected chi connectivity index (χ0v) is 15.2. The molecular formula is C15H21BrCl2N2O. The third-order valence-corrected chi connectivity index (χ3v) is 4.76. The lowest BCUT2D eigenvalue weighted by Gasteiger charge is -2.32. The summed E-state index contributed by atoms with van der Waals surface area (Å²) < 4.78 is 0.771. The van der Waals surface area contributed by atoms with E-state index in [2.05, 4.69) is 21.2 Å². The second-order valence-corrected chi connectivity index (χ2v) is 6.54. The van der Waals surface area contributed by atoms with Gasteiger partial charge in [0.05, 0.1) is 5.56 Å². The molecule has 1 amide bonds. The predicted octanol–water partition coefficient (Wildman–Crippen LogP) is 3.99. The first-order valence-corrected chi connectivity index (χ1v) is 8.18. The van der Waals surface area contributed by atoms with E-state index in [0.717, 1.165) is 42.9 Å². The van der Waals surface area contributed by atoms with E-state index < -0.39 is 0 Å².